The van der Waals surface area contributed by atoms with E-state index in [9.17, 15) is 19.0 Å². The van der Waals surface area contributed by atoms with Crippen LogP contribution >= 0.6 is 7.82 Å². The number of hydrogen-bond donors (Lipinski definition) is 2. The summed E-state index contributed by atoms with van der Waals surface area (Å²) in [5, 5.41) is 0. The summed E-state index contributed by atoms with van der Waals surface area (Å²) in [6.45, 7) is 3.58. The Kier molecular flexibility index (Phi) is 52.9. The second-order valence-electron chi connectivity index (χ2n) is 18.1. The molecule has 0 saturated heterocycles. The molecule has 0 heterocycles. The number of phosphoric ester groups is 1. The average Bonchev–Trinajstić information content (AvgIpc) is 3.36. The van der Waals surface area contributed by atoms with Gasteiger partial charge in [0.15, 0.2) is 6.10 Å². The zero-order chi connectivity index (χ0) is 51.7. The highest BCUT2D eigenvalue weighted by atomic mass is 31.2. The predicted molar refractivity (Wildman–Crippen MR) is 302 cm³/mol. The molecule has 0 aliphatic rings. The molecule has 10 heteroatoms. The van der Waals surface area contributed by atoms with Crippen molar-refractivity contribution in [3.63, 3.8) is 0 Å². The van der Waals surface area contributed by atoms with Crippen LogP contribution in [0.3, 0.4) is 0 Å². The minimum atomic E-state index is -4.40. The monoisotopic (exact) mass is 1010 g/mol. The molecule has 9 nitrogen and oxygen atoms in total. The van der Waals surface area contributed by atoms with Gasteiger partial charge in [0, 0.05) is 19.4 Å². The maximum atomic E-state index is 12.7. The first-order valence-electron chi connectivity index (χ1n) is 28.0. The van der Waals surface area contributed by atoms with E-state index in [1.54, 1.807) is 0 Å². The highest BCUT2D eigenvalue weighted by Crippen LogP contribution is 2.43. The second kappa shape index (κ2) is 55.7. The van der Waals surface area contributed by atoms with Gasteiger partial charge in [0.1, 0.15) is 6.61 Å². The predicted octanol–water partition coefficient (Wildman–Crippen LogP) is 17.6. The summed E-state index contributed by atoms with van der Waals surface area (Å²) in [4.78, 5) is 35.1. The largest absolute Gasteiger partial charge is 0.472 e. The molecule has 0 aromatic carbocycles. The molecule has 0 spiro atoms. The van der Waals surface area contributed by atoms with Crippen molar-refractivity contribution in [2.75, 3.05) is 26.4 Å². The number of carbonyl (C=O) groups excluding carboxylic acids is 2. The van der Waals surface area contributed by atoms with E-state index in [1.165, 1.54) is 64.2 Å². The fourth-order valence-corrected chi connectivity index (χ4v) is 7.98. The highest BCUT2D eigenvalue weighted by molar-refractivity contribution is 7.47. The van der Waals surface area contributed by atoms with Crippen LogP contribution in [0.4, 0.5) is 0 Å². The number of allylic oxidation sites excluding steroid dienone is 20. The van der Waals surface area contributed by atoms with Crippen LogP contribution in [0.2, 0.25) is 0 Å². The van der Waals surface area contributed by atoms with Gasteiger partial charge in [-0.05, 0) is 109 Å². The fourth-order valence-electron chi connectivity index (χ4n) is 7.21. The molecule has 2 unspecified atom stereocenters. The van der Waals surface area contributed by atoms with Gasteiger partial charge in [-0.15, -0.1) is 0 Å². The molecule has 3 N–H and O–H groups in total. The Labute approximate surface area is 434 Å². The van der Waals surface area contributed by atoms with Crippen LogP contribution < -0.4 is 5.73 Å². The van der Waals surface area contributed by atoms with Crippen LogP contribution in [0.15, 0.2) is 122 Å². The normalized spacial score (nSPS) is 14.0. The zero-order valence-corrected chi connectivity index (χ0v) is 45.8. The molecule has 0 aromatic rings. The number of rotatable bonds is 51. The van der Waals surface area contributed by atoms with E-state index in [1.807, 2.05) is 0 Å². The molecule has 0 aromatic heterocycles. The Hall–Kier alpha value is -3.59. The Morgan fingerprint density at radius 1 is 0.437 bits per heavy atom. The summed E-state index contributed by atoms with van der Waals surface area (Å²) in [7, 11) is -4.40. The molecule has 2 atom stereocenters. The number of hydrogen-bond acceptors (Lipinski definition) is 8. The number of carbonyl (C=O) groups is 2. The molecular formula is C61H102NO8P. The number of phosphoric acid groups is 1. The van der Waals surface area contributed by atoms with Crippen LogP contribution in [0.5, 0.6) is 0 Å². The summed E-state index contributed by atoms with van der Waals surface area (Å²) in [5.41, 5.74) is 5.37. The molecule has 0 fully saturated rings. The quantitative estimate of drug-likeness (QED) is 0.0264. The molecule has 0 saturated carbocycles. The van der Waals surface area contributed by atoms with Crippen molar-refractivity contribution in [3.05, 3.63) is 122 Å². The lowest BCUT2D eigenvalue weighted by molar-refractivity contribution is -0.161. The van der Waals surface area contributed by atoms with Crippen molar-refractivity contribution in [3.8, 4) is 0 Å². The minimum Gasteiger partial charge on any atom is -0.462 e. The smallest absolute Gasteiger partial charge is 0.462 e. The number of esters is 2. The standard InChI is InChI=1S/C61H102NO8P/c1-3-5-7-9-11-13-15-17-19-21-22-23-24-25-26-27-28-29-30-31-32-33-34-35-36-38-40-42-44-46-48-50-52-54-61(64)70-59(58-69-71(65,66)68-56-55-62)57-67-60(63)53-51-49-47-45-43-41-39-37-20-18-16-14-12-10-8-6-4-2/h5,7,11,13,17-20,22-23,25-26,28-29,31-32,34-35,38,40,59H,3-4,6,8-10,12,14-16,21,24,27,30,33,36-37,39,41-58,62H2,1-2H3,(H,65,66)/b7-5-,13-11-,19-17-,20-18-,23-22-,26-25-,29-28-,32-31-,35-34-,40-38-. The molecule has 71 heavy (non-hydrogen) atoms. The summed E-state index contributed by atoms with van der Waals surface area (Å²) in [5.74, 6) is -0.862. The molecule has 0 aliphatic carbocycles. The van der Waals surface area contributed by atoms with Crippen molar-refractivity contribution < 1.29 is 37.6 Å². The Morgan fingerprint density at radius 3 is 1.17 bits per heavy atom. The number of unbranched alkanes of at least 4 members (excludes halogenated alkanes) is 18. The Balaban J connectivity index is 4.09. The van der Waals surface area contributed by atoms with E-state index in [-0.39, 0.29) is 32.6 Å². The first kappa shape index (κ1) is 67.4. The maximum absolute atomic E-state index is 12.7. The van der Waals surface area contributed by atoms with Gasteiger partial charge in [0.25, 0.3) is 0 Å². The van der Waals surface area contributed by atoms with E-state index in [0.717, 1.165) is 122 Å². The summed E-state index contributed by atoms with van der Waals surface area (Å²) in [6, 6.07) is 0. The van der Waals surface area contributed by atoms with Crippen LogP contribution in [0.25, 0.3) is 0 Å². The van der Waals surface area contributed by atoms with E-state index >= 15 is 0 Å². The third-order valence-corrected chi connectivity index (χ3v) is 12.3. The summed E-state index contributed by atoms with van der Waals surface area (Å²) >= 11 is 0. The molecule has 0 amide bonds. The lowest BCUT2D eigenvalue weighted by Gasteiger charge is -2.19. The molecule has 0 rings (SSSR count). The van der Waals surface area contributed by atoms with E-state index in [4.69, 9.17) is 24.3 Å². The Bertz CT molecular complexity index is 1570. The average molecular weight is 1010 g/mol. The molecular weight excluding hydrogens is 906 g/mol. The maximum Gasteiger partial charge on any atom is 0.472 e. The fraction of sp³-hybridized carbons (Fsp3) is 0.639. The molecule has 0 aliphatic heterocycles. The lowest BCUT2D eigenvalue weighted by Crippen LogP contribution is -2.29. The van der Waals surface area contributed by atoms with Crippen LogP contribution in [-0.4, -0.2) is 49.3 Å². The van der Waals surface area contributed by atoms with Gasteiger partial charge >= 0.3 is 19.8 Å². The van der Waals surface area contributed by atoms with Crippen molar-refractivity contribution >= 4 is 19.8 Å². The van der Waals surface area contributed by atoms with Crippen molar-refractivity contribution in [2.24, 2.45) is 5.73 Å². The molecule has 404 valence electrons. The number of nitrogens with two attached hydrogens (primary N) is 1. The van der Waals surface area contributed by atoms with E-state index in [0.29, 0.717) is 6.42 Å². The van der Waals surface area contributed by atoms with Crippen molar-refractivity contribution in [2.45, 2.75) is 225 Å². The van der Waals surface area contributed by atoms with Gasteiger partial charge in [0.2, 0.25) is 0 Å². The summed E-state index contributed by atoms with van der Waals surface area (Å²) in [6.07, 6.45) is 76.7. The SMILES string of the molecule is CC/C=C\C/C=C\C/C=C\C/C=C\C/C=C\C/C=C\C/C=C\C/C=C\C/C=C\CCCCCCCC(=O)OC(COC(=O)CCCCCCCCC/C=C\CCCCCCCC)COP(=O)(O)OCCN. The van der Waals surface area contributed by atoms with Crippen molar-refractivity contribution in [1.82, 2.24) is 0 Å². The third-order valence-electron chi connectivity index (χ3n) is 11.3. The van der Waals surface area contributed by atoms with Gasteiger partial charge in [-0.3, -0.25) is 18.6 Å². The topological polar surface area (TPSA) is 134 Å². The Morgan fingerprint density at radius 2 is 0.775 bits per heavy atom. The van der Waals surface area contributed by atoms with Gasteiger partial charge in [-0.2, -0.15) is 0 Å². The summed E-state index contributed by atoms with van der Waals surface area (Å²) < 4.78 is 33.0. The number of ether oxygens (including phenoxy) is 2. The first-order valence-corrected chi connectivity index (χ1v) is 29.5. The van der Waals surface area contributed by atoms with Crippen molar-refractivity contribution in [1.29, 1.82) is 0 Å². The minimum absolute atomic E-state index is 0.0432. The highest BCUT2D eigenvalue weighted by Gasteiger charge is 2.26. The van der Waals surface area contributed by atoms with Gasteiger partial charge in [-0.1, -0.05) is 219 Å². The van der Waals surface area contributed by atoms with Gasteiger partial charge in [0.05, 0.1) is 13.2 Å². The molecule has 0 bridgehead atoms. The lowest BCUT2D eigenvalue weighted by atomic mass is 10.1. The van der Waals surface area contributed by atoms with E-state index < -0.39 is 32.5 Å². The van der Waals surface area contributed by atoms with Crippen LogP contribution in [0, 0.1) is 0 Å². The molecule has 0 radical (unpaired) electrons. The van der Waals surface area contributed by atoms with Gasteiger partial charge < -0.3 is 20.1 Å². The second-order valence-corrected chi connectivity index (χ2v) is 19.5. The van der Waals surface area contributed by atoms with Gasteiger partial charge in [-0.25, -0.2) is 4.57 Å². The first-order chi connectivity index (χ1) is 34.8. The van der Waals surface area contributed by atoms with Crippen LogP contribution in [-0.2, 0) is 32.7 Å². The van der Waals surface area contributed by atoms with Crippen LogP contribution in [0.1, 0.15) is 219 Å². The van der Waals surface area contributed by atoms with E-state index in [2.05, 4.69) is 135 Å². The third kappa shape index (κ3) is 55.6. The zero-order valence-electron chi connectivity index (χ0n) is 44.9.